The van der Waals surface area contributed by atoms with Crippen LogP contribution in [0.2, 0.25) is 0 Å². The van der Waals surface area contributed by atoms with Crippen LogP contribution in [-0.2, 0) is 21.2 Å². The third kappa shape index (κ3) is 3.50. The molecule has 1 saturated heterocycles. The summed E-state index contributed by atoms with van der Waals surface area (Å²) in [7, 11) is -3.10. The zero-order chi connectivity index (χ0) is 21.8. The van der Waals surface area contributed by atoms with Gasteiger partial charge in [0.2, 0.25) is 11.5 Å². The Balaban J connectivity index is 1.40. The summed E-state index contributed by atoms with van der Waals surface area (Å²) >= 11 is 0. The van der Waals surface area contributed by atoms with Crippen LogP contribution in [0.25, 0.3) is 22.1 Å². The molecule has 1 fully saturated rings. The highest BCUT2D eigenvalue weighted by Gasteiger charge is 2.31. The van der Waals surface area contributed by atoms with Crippen molar-refractivity contribution in [1.29, 1.82) is 0 Å². The first-order chi connectivity index (χ1) is 14.8. The van der Waals surface area contributed by atoms with Crippen molar-refractivity contribution in [2.75, 3.05) is 16.8 Å². The second kappa shape index (κ2) is 7.05. The second-order valence-corrected chi connectivity index (χ2v) is 9.90. The van der Waals surface area contributed by atoms with Gasteiger partial charge in [-0.2, -0.15) is 5.10 Å². The molecular weight excluding hydrogens is 422 g/mol. The van der Waals surface area contributed by atoms with Crippen LogP contribution in [0.15, 0.2) is 45.9 Å². The molecule has 0 spiro atoms. The number of nitrogens with one attached hydrogen (secondary N) is 1. The van der Waals surface area contributed by atoms with Crippen molar-refractivity contribution in [2.45, 2.75) is 25.9 Å². The zero-order valence-electron chi connectivity index (χ0n) is 16.6. The van der Waals surface area contributed by atoms with E-state index in [1.165, 1.54) is 10.9 Å². The lowest BCUT2D eigenvalue weighted by Gasteiger charge is -2.14. The summed E-state index contributed by atoms with van der Waals surface area (Å²) in [6.07, 6.45) is 1.76. The number of aromatic nitrogens is 4. The predicted octanol–water partition coefficient (Wildman–Crippen LogP) is 1.65. The van der Waals surface area contributed by atoms with Gasteiger partial charge in [0.25, 0.3) is 5.56 Å². The minimum atomic E-state index is -3.10. The molecule has 11 heteroatoms. The Hall–Kier alpha value is -3.47. The molecular formula is C20H19N5O5S. The van der Waals surface area contributed by atoms with Crippen LogP contribution >= 0.6 is 0 Å². The van der Waals surface area contributed by atoms with Crippen LogP contribution in [0.4, 0.5) is 5.82 Å². The van der Waals surface area contributed by atoms with E-state index in [-0.39, 0.29) is 29.7 Å². The fourth-order valence-corrected chi connectivity index (χ4v) is 5.61. The van der Waals surface area contributed by atoms with Crippen LogP contribution in [0.5, 0.6) is 0 Å². The van der Waals surface area contributed by atoms with E-state index in [4.69, 9.17) is 4.42 Å². The predicted molar refractivity (Wildman–Crippen MR) is 114 cm³/mol. The number of hydrogen-bond acceptors (Lipinski definition) is 7. The maximum Gasteiger partial charge on any atom is 0.297 e. The van der Waals surface area contributed by atoms with Gasteiger partial charge in [-0.15, -0.1) is 0 Å². The molecule has 1 amide bonds. The highest BCUT2D eigenvalue weighted by molar-refractivity contribution is 7.91. The van der Waals surface area contributed by atoms with E-state index in [9.17, 15) is 18.0 Å². The smallest absolute Gasteiger partial charge is 0.297 e. The Morgan fingerprint density at radius 2 is 2.13 bits per heavy atom. The molecule has 0 bridgehead atoms. The Bertz CT molecular complexity index is 1500. The molecule has 4 aromatic rings. The first-order valence-corrected chi connectivity index (χ1v) is 11.6. The minimum absolute atomic E-state index is 0.0108. The molecule has 3 aromatic heterocycles. The van der Waals surface area contributed by atoms with Gasteiger partial charge in [0, 0.05) is 11.5 Å². The number of rotatable bonds is 4. The lowest BCUT2D eigenvalue weighted by Crippen LogP contribution is -2.28. The van der Waals surface area contributed by atoms with Gasteiger partial charge in [-0.1, -0.05) is 12.1 Å². The molecule has 1 atom stereocenters. The van der Waals surface area contributed by atoms with E-state index >= 15 is 0 Å². The Morgan fingerprint density at radius 1 is 1.32 bits per heavy atom. The number of furan rings is 1. The first-order valence-electron chi connectivity index (χ1n) is 9.74. The van der Waals surface area contributed by atoms with E-state index in [0.717, 1.165) is 5.39 Å². The highest BCUT2D eigenvalue weighted by atomic mass is 32.2. The lowest BCUT2D eigenvalue weighted by molar-refractivity contribution is -0.116. The molecule has 1 aliphatic heterocycles. The number of para-hydroxylation sites is 1. The van der Waals surface area contributed by atoms with Crippen LogP contribution in [0, 0.1) is 6.92 Å². The van der Waals surface area contributed by atoms with Gasteiger partial charge in [-0.3, -0.25) is 14.2 Å². The molecule has 160 valence electrons. The summed E-state index contributed by atoms with van der Waals surface area (Å²) in [5.74, 6) is 0.0304. The van der Waals surface area contributed by atoms with Gasteiger partial charge in [-0.05, 0) is 25.5 Å². The number of fused-ring (bicyclic) bond motifs is 3. The molecule has 0 radical (unpaired) electrons. The third-order valence-electron chi connectivity index (χ3n) is 5.34. The SMILES string of the molecule is Cc1cc(NC(=O)Cn2cnc3c(oc4ccccc43)c2=O)n(C2CCS(=O)(=O)C2)n1. The fraction of sp³-hybridized carbons (Fsp3) is 0.300. The molecule has 4 heterocycles. The van der Waals surface area contributed by atoms with E-state index < -0.39 is 21.3 Å². The average molecular weight is 441 g/mol. The summed E-state index contributed by atoms with van der Waals surface area (Å²) in [5, 5.41) is 7.81. The Labute approximate surface area is 176 Å². The maximum atomic E-state index is 12.8. The molecule has 0 aliphatic carbocycles. The van der Waals surface area contributed by atoms with Crippen LogP contribution in [0.1, 0.15) is 18.2 Å². The zero-order valence-corrected chi connectivity index (χ0v) is 17.4. The molecule has 1 aromatic carbocycles. The highest BCUT2D eigenvalue weighted by Crippen LogP contribution is 2.27. The Kier molecular flexibility index (Phi) is 4.43. The fourth-order valence-electron chi connectivity index (χ4n) is 3.92. The number of carbonyl (C=O) groups is 1. The molecule has 1 N–H and O–H groups in total. The van der Waals surface area contributed by atoms with Crippen molar-refractivity contribution in [3.63, 3.8) is 0 Å². The Morgan fingerprint density at radius 3 is 2.90 bits per heavy atom. The number of benzene rings is 1. The standard InChI is InChI=1S/C20H19N5O5S/c1-12-8-16(25(23-12)13-6-7-31(28,29)10-13)22-17(26)9-24-11-21-18-14-4-2-3-5-15(14)30-19(18)20(24)27/h2-5,8,11,13H,6-7,9-10H2,1H3,(H,22,26). The summed E-state index contributed by atoms with van der Waals surface area (Å²) in [6.45, 7) is 1.49. The van der Waals surface area contributed by atoms with E-state index in [0.29, 0.717) is 29.0 Å². The summed E-state index contributed by atoms with van der Waals surface area (Å²) in [6, 6.07) is 8.55. The molecule has 1 unspecified atom stereocenters. The first kappa shape index (κ1) is 19.5. The lowest BCUT2D eigenvalue weighted by atomic mass is 10.2. The largest absolute Gasteiger partial charge is 0.448 e. The van der Waals surface area contributed by atoms with Crippen molar-refractivity contribution in [2.24, 2.45) is 0 Å². The normalized spacial score (nSPS) is 18.0. The number of hydrogen-bond donors (Lipinski definition) is 1. The van der Waals surface area contributed by atoms with Gasteiger partial charge in [-0.25, -0.2) is 18.1 Å². The number of nitrogens with zero attached hydrogens (tertiary/aromatic N) is 4. The van der Waals surface area contributed by atoms with E-state index in [2.05, 4.69) is 15.4 Å². The number of aryl methyl sites for hydroxylation is 1. The number of carbonyl (C=O) groups excluding carboxylic acids is 1. The van der Waals surface area contributed by atoms with E-state index in [1.807, 2.05) is 12.1 Å². The van der Waals surface area contributed by atoms with Crippen molar-refractivity contribution in [3.05, 3.63) is 52.7 Å². The van der Waals surface area contributed by atoms with Crippen LogP contribution in [0.3, 0.4) is 0 Å². The minimum Gasteiger partial charge on any atom is -0.448 e. The summed E-state index contributed by atoms with van der Waals surface area (Å²) < 4.78 is 32.0. The molecule has 1 aliphatic rings. The van der Waals surface area contributed by atoms with Crippen LogP contribution < -0.4 is 10.9 Å². The number of amides is 1. The second-order valence-electron chi connectivity index (χ2n) is 7.67. The molecule has 5 rings (SSSR count). The monoisotopic (exact) mass is 441 g/mol. The number of sulfone groups is 1. The molecule has 31 heavy (non-hydrogen) atoms. The molecule has 0 saturated carbocycles. The van der Waals surface area contributed by atoms with Crippen molar-refractivity contribution >= 4 is 43.6 Å². The number of anilines is 1. The summed E-state index contributed by atoms with van der Waals surface area (Å²) in [4.78, 5) is 29.8. The van der Waals surface area contributed by atoms with Crippen molar-refractivity contribution < 1.29 is 17.6 Å². The maximum absolute atomic E-state index is 12.8. The van der Waals surface area contributed by atoms with Crippen molar-refractivity contribution in [1.82, 2.24) is 19.3 Å². The van der Waals surface area contributed by atoms with Gasteiger partial charge >= 0.3 is 0 Å². The summed E-state index contributed by atoms with van der Waals surface area (Å²) in [5.41, 5.74) is 1.29. The van der Waals surface area contributed by atoms with Crippen molar-refractivity contribution in [3.8, 4) is 0 Å². The van der Waals surface area contributed by atoms with E-state index in [1.54, 1.807) is 29.8 Å². The van der Waals surface area contributed by atoms with Gasteiger partial charge in [0.05, 0.1) is 29.6 Å². The topological polar surface area (TPSA) is 129 Å². The van der Waals surface area contributed by atoms with Crippen LogP contribution in [-0.4, -0.2) is 45.2 Å². The third-order valence-corrected chi connectivity index (χ3v) is 7.09. The van der Waals surface area contributed by atoms with Gasteiger partial charge in [0.1, 0.15) is 23.5 Å². The quantitative estimate of drug-likeness (QED) is 0.510. The molecule has 10 nitrogen and oxygen atoms in total. The van der Waals surface area contributed by atoms with Gasteiger partial charge in [0.15, 0.2) is 9.84 Å². The van der Waals surface area contributed by atoms with Gasteiger partial charge < -0.3 is 9.73 Å². The average Bonchev–Trinajstić information content (AvgIpc) is 3.38.